The topological polar surface area (TPSA) is 0 Å². The predicted molar refractivity (Wildman–Crippen MR) is 90.3 cm³/mol. The van der Waals surface area contributed by atoms with Gasteiger partial charge in [-0.15, -0.1) is 11.3 Å². The molecule has 0 fully saturated rings. The van der Waals surface area contributed by atoms with Gasteiger partial charge in [-0.25, -0.2) is 0 Å². The Bertz CT molecular complexity index is 776. The lowest BCUT2D eigenvalue weighted by Gasteiger charge is -2.04. The van der Waals surface area contributed by atoms with Gasteiger partial charge in [-0.05, 0) is 35.1 Å². The molecule has 3 aromatic rings. The van der Waals surface area contributed by atoms with Crippen LogP contribution >= 0.6 is 11.3 Å². The highest BCUT2D eigenvalue weighted by Crippen LogP contribution is 2.35. The lowest BCUT2D eigenvalue weighted by atomic mass is 10.0. The van der Waals surface area contributed by atoms with E-state index in [-0.39, 0.29) is 0 Å². The van der Waals surface area contributed by atoms with Crippen LogP contribution in [0.4, 0.5) is 0 Å². The van der Waals surface area contributed by atoms with Crippen LogP contribution in [-0.4, -0.2) is 0 Å². The lowest BCUT2D eigenvalue weighted by molar-refractivity contribution is 1.56. The number of fused-ring (bicyclic) bond motifs is 1. The Morgan fingerprint density at radius 2 is 1.85 bits per heavy atom. The van der Waals surface area contributed by atoms with E-state index in [2.05, 4.69) is 68.1 Å². The molecule has 20 heavy (non-hydrogen) atoms. The van der Waals surface area contributed by atoms with Crippen molar-refractivity contribution in [1.29, 1.82) is 0 Å². The Morgan fingerprint density at radius 3 is 2.55 bits per heavy atom. The molecule has 0 saturated heterocycles. The molecule has 0 amide bonds. The average molecular weight is 276 g/mol. The smallest absolute Gasteiger partial charge is 0.0378 e. The third-order valence-electron chi connectivity index (χ3n) is 3.38. The summed E-state index contributed by atoms with van der Waals surface area (Å²) >= 11 is 1.85. The third kappa shape index (κ3) is 2.33. The van der Waals surface area contributed by atoms with Gasteiger partial charge in [0.1, 0.15) is 0 Å². The van der Waals surface area contributed by atoms with Gasteiger partial charge in [0, 0.05) is 9.58 Å². The summed E-state index contributed by atoms with van der Waals surface area (Å²) in [6.45, 7) is 6.02. The molecule has 0 aliphatic carbocycles. The minimum Gasteiger partial charge on any atom is -0.135 e. The predicted octanol–water partition coefficient (Wildman–Crippen LogP) is 5.83. The van der Waals surface area contributed by atoms with Crippen LogP contribution in [0.5, 0.6) is 0 Å². The Kier molecular flexibility index (Phi) is 3.53. The molecule has 0 N–H and O–H groups in total. The Labute approximate surface area is 123 Å². The van der Waals surface area contributed by atoms with Crippen molar-refractivity contribution < 1.29 is 0 Å². The average Bonchev–Trinajstić information content (AvgIpc) is 2.91. The highest BCUT2D eigenvalue weighted by atomic mass is 32.1. The largest absolute Gasteiger partial charge is 0.135 e. The van der Waals surface area contributed by atoms with E-state index in [1.165, 1.54) is 31.7 Å². The molecule has 0 spiro atoms. The van der Waals surface area contributed by atoms with Gasteiger partial charge < -0.3 is 0 Å². The SMILES string of the molecule is C=C/C=C(/c1ccccc1)c1cc2cccc(C)c2s1. The van der Waals surface area contributed by atoms with Crippen molar-refractivity contribution >= 4 is 27.0 Å². The van der Waals surface area contributed by atoms with E-state index in [0.717, 1.165) is 0 Å². The van der Waals surface area contributed by atoms with Crippen molar-refractivity contribution in [2.45, 2.75) is 6.92 Å². The van der Waals surface area contributed by atoms with Crippen LogP contribution in [0.25, 0.3) is 15.7 Å². The molecule has 0 nitrogen and oxygen atoms in total. The summed E-state index contributed by atoms with van der Waals surface area (Å²) in [7, 11) is 0. The monoisotopic (exact) mass is 276 g/mol. The Morgan fingerprint density at radius 1 is 1.05 bits per heavy atom. The zero-order valence-corrected chi connectivity index (χ0v) is 12.3. The number of hydrogen-bond donors (Lipinski definition) is 0. The molecule has 0 unspecified atom stereocenters. The van der Waals surface area contributed by atoms with E-state index in [0.29, 0.717) is 0 Å². The maximum absolute atomic E-state index is 3.85. The van der Waals surface area contributed by atoms with E-state index in [1.54, 1.807) is 0 Å². The van der Waals surface area contributed by atoms with Crippen LogP contribution in [0.3, 0.4) is 0 Å². The van der Waals surface area contributed by atoms with E-state index < -0.39 is 0 Å². The van der Waals surface area contributed by atoms with Gasteiger partial charge in [0.25, 0.3) is 0 Å². The van der Waals surface area contributed by atoms with Crippen LogP contribution in [0.2, 0.25) is 0 Å². The fraction of sp³-hybridized carbons (Fsp3) is 0.0526. The Hall–Kier alpha value is -2.12. The van der Waals surface area contributed by atoms with Crippen LogP contribution < -0.4 is 0 Å². The van der Waals surface area contributed by atoms with Gasteiger partial charge in [0.15, 0.2) is 0 Å². The number of benzene rings is 2. The standard InChI is InChI=1S/C19H16S/c1-3-8-17(15-10-5-4-6-11-15)18-13-16-12-7-9-14(2)19(16)20-18/h3-13H,1H2,2H3/b17-8-. The number of thiophene rings is 1. The fourth-order valence-electron chi connectivity index (χ4n) is 2.40. The number of aryl methyl sites for hydroxylation is 1. The van der Waals surface area contributed by atoms with Crippen molar-refractivity contribution in [3.05, 3.63) is 89.3 Å². The number of allylic oxidation sites excluding steroid dienone is 2. The van der Waals surface area contributed by atoms with Crippen molar-refractivity contribution in [3.63, 3.8) is 0 Å². The molecule has 0 aliphatic rings. The van der Waals surface area contributed by atoms with Crippen LogP contribution in [0, 0.1) is 6.92 Å². The summed E-state index contributed by atoms with van der Waals surface area (Å²) in [5.74, 6) is 0. The van der Waals surface area contributed by atoms with E-state index >= 15 is 0 Å². The van der Waals surface area contributed by atoms with Crippen molar-refractivity contribution in [2.75, 3.05) is 0 Å². The summed E-state index contributed by atoms with van der Waals surface area (Å²) in [6, 6.07) is 19.2. The third-order valence-corrected chi connectivity index (χ3v) is 4.70. The second-order valence-electron chi connectivity index (χ2n) is 4.79. The van der Waals surface area contributed by atoms with Gasteiger partial charge in [0.2, 0.25) is 0 Å². The Balaban J connectivity index is 2.18. The summed E-state index contributed by atoms with van der Waals surface area (Å²) in [6.07, 6.45) is 3.95. The van der Waals surface area contributed by atoms with Crippen LogP contribution in [-0.2, 0) is 0 Å². The fourth-order valence-corrected chi connectivity index (χ4v) is 3.57. The molecule has 1 aromatic heterocycles. The first-order valence-corrected chi connectivity index (χ1v) is 7.49. The molecule has 2 aromatic carbocycles. The lowest BCUT2D eigenvalue weighted by Crippen LogP contribution is -1.82. The molecule has 0 atom stereocenters. The summed E-state index contributed by atoms with van der Waals surface area (Å²) in [5.41, 5.74) is 3.81. The van der Waals surface area contributed by atoms with Crippen LogP contribution in [0.15, 0.2) is 73.3 Å². The van der Waals surface area contributed by atoms with Gasteiger partial charge in [-0.3, -0.25) is 0 Å². The van der Waals surface area contributed by atoms with Gasteiger partial charge in [0.05, 0.1) is 0 Å². The van der Waals surface area contributed by atoms with Gasteiger partial charge in [-0.1, -0.05) is 67.3 Å². The van der Waals surface area contributed by atoms with Gasteiger partial charge >= 0.3 is 0 Å². The first-order chi connectivity index (χ1) is 9.79. The van der Waals surface area contributed by atoms with Gasteiger partial charge in [-0.2, -0.15) is 0 Å². The minimum atomic E-state index is 1.23. The zero-order valence-electron chi connectivity index (χ0n) is 11.5. The second-order valence-corrected chi connectivity index (χ2v) is 5.84. The molecule has 0 bridgehead atoms. The molecule has 3 rings (SSSR count). The normalized spacial score (nSPS) is 11.8. The minimum absolute atomic E-state index is 1.23. The van der Waals surface area contributed by atoms with E-state index in [1.807, 2.05) is 23.5 Å². The molecule has 0 radical (unpaired) electrons. The maximum atomic E-state index is 3.85. The van der Waals surface area contributed by atoms with Crippen molar-refractivity contribution in [2.24, 2.45) is 0 Å². The number of rotatable bonds is 3. The number of hydrogen-bond acceptors (Lipinski definition) is 1. The van der Waals surface area contributed by atoms with Crippen molar-refractivity contribution in [1.82, 2.24) is 0 Å². The molecular weight excluding hydrogens is 260 g/mol. The summed E-state index contributed by atoms with van der Waals surface area (Å²) in [4.78, 5) is 1.29. The molecule has 98 valence electrons. The highest BCUT2D eigenvalue weighted by Gasteiger charge is 2.09. The molecule has 1 heteroatoms. The molecular formula is C19H16S. The summed E-state index contributed by atoms with van der Waals surface area (Å²) in [5, 5.41) is 1.32. The summed E-state index contributed by atoms with van der Waals surface area (Å²) < 4.78 is 1.37. The first kappa shape index (κ1) is 12.9. The maximum Gasteiger partial charge on any atom is 0.0378 e. The van der Waals surface area contributed by atoms with E-state index in [4.69, 9.17) is 0 Å². The van der Waals surface area contributed by atoms with Crippen LogP contribution in [0.1, 0.15) is 16.0 Å². The molecule has 0 aliphatic heterocycles. The molecule has 1 heterocycles. The van der Waals surface area contributed by atoms with Crippen molar-refractivity contribution in [3.8, 4) is 0 Å². The zero-order chi connectivity index (χ0) is 13.9. The van der Waals surface area contributed by atoms with E-state index in [9.17, 15) is 0 Å². The quantitative estimate of drug-likeness (QED) is 0.528. The highest BCUT2D eigenvalue weighted by molar-refractivity contribution is 7.20. The molecule has 0 saturated carbocycles. The second kappa shape index (κ2) is 5.48. The first-order valence-electron chi connectivity index (χ1n) is 6.67.